The van der Waals surface area contributed by atoms with E-state index in [0.717, 1.165) is 30.2 Å². The van der Waals surface area contributed by atoms with Gasteiger partial charge in [-0.1, -0.05) is 12.2 Å². The van der Waals surface area contributed by atoms with Crippen molar-refractivity contribution in [3.8, 4) is 5.75 Å². The van der Waals surface area contributed by atoms with E-state index in [4.69, 9.17) is 22.7 Å². The van der Waals surface area contributed by atoms with Crippen LogP contribution in [-0.2, 0) is 0 Å². The van der Waals surface area contributed by atoms with Gasteiger partial charge in [-0.15, -0.1) is 0 Å². The Morgan fingerprint density at radius 1 is 1.57 bits per heavy atom. The topological polar surface area (TPSA) is 38.5 Å². The molecule has 0 saturated carbocycles. The van der Waals surface area contributed by atoms with E-state index in [0.29, 0.717) is 4.99 Å². The second-order valence-corrected chi connectivity index (χ2v) is 3.76. The molecule has 0 unspecified atom stereocenters. The first-order chi connectivity index (χ1) is 6.68. The molecule has 0 fully saturated rings. The normalized spacial score (nSPS) is 14.5. The van der Waals surface area contributed by atoms with Crippen molar-refractivity contribution in [3.05, 3.63) is 23.8 Å². The minimum Gasteiger partial charge on any atom is -0.490 e. The molecular formula is C10H12N2OS. The highest BCUT2D eigenvalue weighted by Gasteiger charge is 2.15. The number of hydrogen-bond donors (Lipinski definition) is 1. The monoisotopic (exact) mass is 208 g/mol. The van der Waals surface area contributed by atoms with Gasteiger partial charge in [0, 0.05) is 12.6 Å². The first-order valence-corrected chi connectivity index (χ1v) is 4.87. The van der Waals surface area contributed by atoms with Gasteiger partial charge >= 0.3 is 0 Å². The van der Waals surface area contributed by atoms with E-state index in [1.807, 2.05) is 25.2 Å². The Hall–Kier alpha value is -1.29. The van der Waals surface area contributed by atoms with Crippen LogP contribution in [0.4, 0.5) is 5.69 Å². The van der Waals surface area contributed by atoms with Crippen LogP contribution in [0.15, 0.2) is 18.2 Å². The number of fused-ring (bicyclic) bond motifs is 1. The summed E-state index contributed by atoms with van der Waals surface area (Å²) in [5.41, 5.74) is 7.51. The highest BCUT2D eigenvalue weighted by Crippen LogP contribution is 2.31. The van der Waals surface area contributed by atoms with E-state index < -0.39 is 0 Å². The minimum absolute atomic E-state index is 0.423. The van der Waals surface area contributed by atoms with Gasteiger partial charge in [0.2, 0.25) is 0 Å². The van der Waals surface area contributed by atoms with Crippen LogP contribution >= 0.6 is 12.2 Å². The van der Waals surface area contributed by atoms with Crippen molar-refractivity contribution >= 4 is 22.9 Å². The summed E-state index contributed by atoms with van der Waals surface area (Å²) < 4.78 is 5.50. The molecule has 2 N–H and O–H groups in total. The number of nitrogens with zero attached hydrogens (tertiary/aromatic N) is 1. The molecular weight excluding hydrogens is 196 g/mol. The number of anilines is 1. The van der Waals surface area contributed by atoms with E-state index in [9.17, 15) is 0 Å². The molecule has 3 nitrogen and oxygen atoms in total. The number of nitrogens with two attached hydrogens (primary N) is 1. The molecule has 0 amide bonds. The lowest BCUT2D eigenvalue weighted by Crippen LogP contribution is -2.29. The quantitative estimate of drug-likeness (QED) is 0.703. The van der Waals surface area contributed by atoms with E-state index in [2.05, 4.69) is 4.90 Å². The van der Waals surface area contributed by atoms with Gasteiger partial charge in [-0.25, -0.2) is 0 Å². The van der Waals surface area contributed by atoms with E-state index in [-0.39, 0.29) is 0 Å². The van der Waals surface area contributed by atoms with Gasteiger partial charge in [0.1, 0.15) is 17.3 Å². The van der Waals surface area contributed by atoms with Crippen LogP contribution in [0.3, 0.4) is 0 Å². The molecule has 0 aromatic heterocycles. The smallest absolute Gasteiger partial charge is 0.142 e. The fourth-order valence-corrected chi connectivity index (χ4v) is 1.63. The Kier molecular flexibility index (Phi) is 2.29. The van der Waals surface area contributed by atoms with Crippen molar-refractivity contribution in [1.82, 2.24) is 0 Å². The number of ether oxygens (including phenoxy) is 1. The zero-order valence-corrected chi connectivity index (χ0v) is 8.80. The molecule has 74 valence electrons. The lowest BCUT2D eigenvalue weighted by atomic mass is 10.1. The van der Waals surface area contributed by atoms with Gasteiger partial charge in [-0.3, -0.25) is 0 Å². The molecule has 0 saturated heterocycles. The fourth-order valence-electron chi connectivity index (χ4n) is 1.50. The van der Waals surface area contributed by atoms with Gasteiger partial charge in [-0.2, -0.15) is 0 Å². The second kappa shape index (κ2) is 3.46. The fraction of sp³-hybridized carbons (Fsp3) is 0.300. The molecule has 1 aliphatic rings. The summed E-state index contributed by atoms with van der Waals surface area (Å²) in [5.74, 6) is 0.902. The van der Waals surface area contributed by atoms with Gasteiger partial charge < -0.3 is 15.4 Å². The molecule has 2 rings (SSSR count). The molecule has 1 aromatic rings. The molecule has 14 heavy (non-hydrogen) atoms. The molecule has 4 heteroatoms. The van der Waals surface area contributed by atoms with Crippen LogP contribution in [0.5, 0.6) is 5.75 Å². The summed E-state index contributed by atoms with van der Waals surface area (Å²) in [6.45, 7) is 1.63. The first kappa shape index (κ1) is 9.27. The zero-order valence-electron chi connectivity index (χ0n) is 7.99. The maximum atomic E-state index is 5.56. The molecule has 0 aliphatic carbocycles. The predicted octanol–water partition coefficient (Wildman–Crippen LogP) is 1.15. The second-order valence-electron chi connectivity index (χ2n) is 3.32. The van der Waals surface area contributed by atoms with Crippen LogP contribution in [0.1, 0.15) is 5.56 Å². The summed E-state index contributed by atoms with van der Waals surface area (Å²) in [4.78, 5) is 2.56. The number of rotatable bonds is 1. The third-order valence-corrected chi connectivity index (χ3v) is 2.57. The summed E-state index contributed by atoms with van der Waals surface area (Å²) in [5, 5.41) is 0. The van der Waals surface area contributed by atoms with Crippen LogP contribution in [-0.4, -0.2) is 25.2 Å². The van der Waals surface area contributed by atoms with Gasteiger partial charge in [0.25, 0.3) is 0 Å². The standard InChI is InChI=1S/C10H12N2OS/c1-12-4-5-13-9-3-2-7(10(11)14)6-8(9)12/h2-3,6H,4-5H2,1H3,(H2,11,14). The maximum absolute atomic E-state index is 5.56. The highest BCUT2D eigenvalue weighted by molar-refractivity contribution is 7.80. The number of likely N-dealkylation sites (N-methyl/N-ethyl adjacent to an activating group) is 1. The Bertz CT molecular complexity index is 378. The van der Waals surface area contributed by atoms with Gasteiger partial charge in [0.15, 0.2) is 0 Å². The number of hydrogen-bond acceptors (Lipinski definition) is 3. The number of thiocarbonyl (C=S) groups is 1. The summed E-state index contributed by atoms with van der Waals surface area (Å²) in [6.07, 6.45) is 0. The van der Waals surface area contributed by atoms with Crippen LogP contribution in [0, 0.1) is 0 Å². The summed E-state index contributed by atoms with van der Waals surface area (Å²) in [6, 6.07) is 5.77. The van der Waals surface area contributed by atoms with E-state index in [1.54, 1.807) is 0 Å². The van der Waals surface area contributed by atoms with Crippen molar-refractivity contribution in [3.63, 3.8) is 0 Å². The third-order valence-electron chi connectivity index (χ3n) is 2.34. The van der Waals surface area contributed by atoms with Gasteiger partial charge in [0.05, 0.1) is 12.2 Å². The van der Waals surface area contributed by atoms with Crippen molar-refractivity contribution in [2.45, 2.75) is 0 Å². The van der Waals surface area contributed by atoms with Crippen LogP contribution in [0.2, 0.25) is 0 Å². The summed E-state index contributed by atoms with van der Waals surface area (Å²) in [7, 11) is 2.03. The van der Waals surface area contributed by atoms with Crippen molar-refractivity contribution in [2.75, 3.05) is 25.1 Å². The van der Waals surface area contributed by atoms with E-state index >= 15 is 0 Å². The zero-order chi connectivity index (χ0) is 10.1. The predicted molar refractivity (Wildman–Crippen MR) is 61.1 cm³/mol. The largest absolute Gasteiger partial charge is 0.490 e. The van der Waals surface area contributed by atoms with Crippen molar-refractivity contribution in [2.24, 2.45) is 5.73 Å². The Labute approximate surface area is 88.5 Å². The first-order valence-electron chi connectivity index (χ1n) is 4.46. The Morgan fingerprint density at radius 3 is 3.07 bits per heavy atom. The lowest BCUT2D eigenvalue weighted by Gasteiger charge is -2.27. The van der Waals surface area contributed by atoms with Crippen molar-refractivity contribution in [1.29, 1.82) is 0 Å². The molecule has 1 aliphatic heterocycles. The third kappa shape index (κ3) is 1.53. The molecule has 0 atom stereocenters. The lowest BCUT2D eigenvalue weighted by molar-refractivity contribution is 0.311. The Balaban J connectivity index is 2.45. The molecule has 0 bridgehead atoms. The van der Waals surface area contributed by atoms with Crippen molar-refractivity contribution < 1.29 is 4.74 Å². The highest BCUT2D eigenvalue weighted by atomic mass is 32.1. The molecule has 1 heterocycles. The van der Waals surface area contributed by atoms with E-state index in [1.165, 1.54) is 0 Å². The van der Waals surface area contributed by atoms with Crippen LogP contribution in [0.25, 0.3) is 0 Å². The maximum Gasteiger partial charge on any atom is 0.142 e. The average Bonchev–Trinajstić information content (AvgIpc) is 2.18. The molecule has 0 radical (unpaired) electrons. The Morgan fingerprint density at radius 2 is 2.36 bits per heavy atom. The summed E-state index contributed by atoms with van der Waals surface area (Å²) >= 11 is 4.92. The minimum atomic E-state index is 0.423. The van der Waals surface area contributed by atoms with Gasteiger partial charge in [-0.05, 0) is 18.2 Å². The molecule has 0 spiro atoms. The SMILES string of the molecule is CN1CCOc2ccc(C(N)=S)cc21. The molecule has 1 aromatic carbocycles. The average molecular weight is 208 g/mol. The number of benzene rings is 1. The van der Waals surface area contributed by atoms with Crippen LogP contribution < -0.4 is 15.4 Å².